The molecule has 1 aliphatic rings. The molecule has 1 amide bonds. The molecular weight excluding hydrogens is 475 g/mol. The van der Waals surface area contributed by atoms with Gasteiger partial charge in [0.25, 0.3) is 0 Å². The Morgan fingerprint density at radius 3 is 2.29 bits per heavy atom. The minimum Gasteiger partial charge on any atom is -0.493 e. The van der Waals surface area contributed by atoms with Crippen molar-refractivity contribution in [3.63, 3.8) is 0 Å². The number of carbonyl (C=O) groups excluding carboxylic acids is 1. The maximum atomic E-state index is 11.6. The zero-order chi connectivity index (χ0) is 19.6. The predicted octanol–water partition coefficient (Wildman–Crippen LogP) is 1.91. The van der Waals surface area contributed by atoms with Crippen LogP contribution in [0.3, 0.4) is 0 Å². The molecule has 0 atom stereocenters. The van der Waals surface area contributed by atoms with Crippen molar-refractivity contribution in [3.05, 3.63) is 17.7 Å². The van der Waals surface area contributed by atoms with Crippen LogP contribution in [0.15, 0.2) is 17.1 Å². The molecule has 0 spiro atoms. The molecule has 0 unspecified atom stereocenters. The highest BCUT2D eigenvalue weighted by Crippen LogP contribution is 2.39. The molecule has 9 heteroatoms. The van der Waals surface area contributed by atoms with E-state index in [2.05, 4.69) is 20.9 Å². The number of methoxy groups -OCH3 is 3. The van der Waals surface area contributed by atoms with Gasteiger partial charge in [0.1, 0.15) is 0 Å². The third-order valence-electron chi connectivity index (χ3n) is 4.20. The van der Waals surface area contributed by atoms with Crippen molar-refractivity contribution in [2.75, 3.05) is 41.0 Å². The lowest BCUT2D eigenvalue weighted by Gasteiger charge is -2.16. The molecule has 0 aromatic heterocycles. The monoisotopic (exact) mass is 506 g/mol. The van der Waals surface area contributed by atoms with E-state index in [1.807, 2.05) is 19.1 Å². The van der Waals surface area contributed by atoms with Gasteiger partial charge in [0, 0.05) is 31.1 Å². The van der Waals surface area contributed by atoms with E-state index in [-0.39, 0.29) is 35.8 Å². The van der Waals surface area contributed by atoms with E-state index in [0.29, 0.717) is 42.8 Å². The minimum absolute atomic E-state index is 0. The van der Waals surface area contributed by atoms with Gasteiger partial charge in [-0.05, 0) is 31.9 Å². The van der Waals surface area contributed by atoms with E-state index >= 15 is 0 Å². The van der Waals surface area contributed by atoms with Gasteiger partial charge in [-0.3, -0.25) is 4.79 Å². The first-order valence-corrected chi connectivity index (χ1v) is 9.22. The van der Waals surface area contributed by atoms with Crippen molar-refractivity contribution >= 4 is 35.8 Å². The number of hydrogen-bond donors (Lipinski definition) is 3. The van der Waals surface area contributed by atoms with Gasteiger partial charge in [-0.25, -0.2) is 4.99 Å². The normalized spacial score (nSPS) is 13.2. The maximum Gasteiger partial charge on any atom is 0.223 e. The fourth-order valence-corrected chi connectivity index (χ4v) is 2.65. The van der Waals surface area contributed by atoms with Crippen molar-refractivity contribution in [2.24, 2.45) is 10.9 Å². The molecule has 8 nitrogen and oxygen atoms in total. The Hall–Kier alpha value is -1.91. The molecule has 1 aromatic carbocycles. The fraction of sp³-hybridized carbons (Fsp3) is 0.579. The topological polar surface area (TPSA) is 93.2 Å². The summed E-state index contributed by atoms with van der Waals surface area (Å²) in [6.07, 6.45) is 2.02. The summed E-state index contributed by atoms with van der Waals surface area (Å²) in [6.45, 7) is 4.33. The van der Waals surface area contributed by atoms with Gasteiger partial charge in [-0.1, -0.05) is 0 Å². The molecule has 0 bridgehead atoms. The van der Waals surface area contributed by atoms with Crippen LogP contribution in [0.2, 0.25) is 0 Å². The molecular formula is C19H31IN4O4. The number of aliphatic imine (C=N–C) groups is 1. The Bertz CT molecular complexity index is 666. The standard InChI is InChI=1S/C19H30N4O4.HI/c1-5-20-19(22-11-10-21-18(24)13-6-7-13)23-12-14-8-9-15(25-2)17(27-4)16(14)26-3;/h8-9,13H,5-7,10-12H2,1-4H3,(H,21,24)(H2,20,22,23);1H. The van der Waals surface area contributed by atoms with Gasteiger partial charge in [-0.2, -0.15) is 0 Å². The number of carbonyl (C=O) groups is 1. The quantitative estimate of drug-likeness (QED) is 0.194. The molecule has 1 saturated carbocycles. The van der Waals surface area contributed by atoms with Gasteiger partial charge in [0.05, 0.1) is 27.9 Å². The number of halogens is 1. The highest BCUT2D eigenvalue weighted by molar-refractivity contribution is 14.0. The minimum atomic E-state index is 0. The van der Waals surface area contributed by atoms with Crippen LogP contribution in [-0.4, -0.2) is 52.8 Å². The number of benzene rings is 1. The zero-order valence-corrected chi connectivity index (χ0v) is 19.3. The van der Waals surface area contributed by atoms with Crippen molar-refractivity contribution in [3.8, 4) is 17.2 Å². The van der Waals surface area contributed by atoms with E-state index < -0.39 is 0 Å². The number of nitrogens with zero attached hydrogens (tertiary/aromatic N) is 1. The van der Waals surface area contributed by atoms with E-state index in [9.17, 15) is 4.79 Å². The van der Waals surface area contributed by atoms with Crippen LogP contribution in [0.1, 0.15) is 25.3 Å². The highest BCUT2D eigenvalue weighted by Gasteiger charge is 2.28. The van der Waals surface area contributed by atoms with Gasteiger partial charge in [0.15, 0.2) is 17.5 Å². The van der Waals surface area contributed by atoms with Crippen LogP contribution in [0, 0.1) is 5.92 Å². The molecule has 158 valence electrons. The van der Waals surface area contributed by atoms with Crippen LogP contribution in [0.5, 0.6) is 17.2 Å². The summed E-state index contributed by atoms with van der Waals surface area (Å²) in [4.78, 5) is 16.2. The second kappa shape index (κ2) is 12.5. The van der Waals surface area contributed by atoms with Crippen LogP contribution >= 0.6 is 24.0 Å². The molecule has 28 heavy (non-hydrogen) atoms. The van der Waals surface area contributed by atoms with Crippen LogP contribution in [0.4, 0.5) is 0 Å². The molecule has 0 radical (unpaired) electrons. The average molecular weight is 506 g/mol. The van der Waals surface area contributed by atoms with Gasteiger partial charge >= 0.3 is 0 Å². The van der Waals surface area contributed by atoms with Crippen LogP contribution in [0.25, 0.3) is 0 Å². The van der Waals surface area contributed by atoms with E-state index in [1.54, 1.807) is 21.3 Å². The van der Waals surface area contributed by atoms with Crippen LogP contribution in [-0.2, 0) is 11.3 Å². The van der Waals surface area contributed by atoms with Gasteiger partial charge in [-0.15, -0.1) is 24.0 Å². The molecule has 0 aliphatic heterocycles. The average Bonchev–Trinajstić information content (AvgIpc) is 3.53. The Morgan fingerprint density at radius 1 is 1.04 bits per heavy atom. The van der Waals surface area contributed by atoms with Gasteiger partial charge in [0.2, 0.25) is 11.7 Å². The molecule has 2 rings (SSSR count). The van der Waals surface area contributed by atoms with E-state index in [4.69, 9.17) is 14.2 Å². The second-order valence-corrected chi connectivity index (χ2v) is 6.18. The lowest BCUT2D eigenvalue weighted by molar-refractivity contribution is -0.122. The molecule has 0 heterocycles. The van der Waals surface area contributed by atoms with Crippen molar-refractivity contribution in [1.29, 1.82) is 0 Å². The number of ether oxygens (including phenoxy) is 3. The Kier molecular flexibility index (Phi) is 10.8. The maximum absolute atomic E-state index is 11.6. The predicted molar refractivity (Wildman–Crippen MR) is 120 cm³/mol. The highest BCUT2D eigenvalue weighted by atomic mass is 127. The third-order valence-corrected chi connectivity index (χ3v) is 4.20. The zero-order valence-electron chi connectivity index (χ0n) is 17.0. The summed E-state index contributed by atoms with van der Waals surface area (Å²) in [5.74, 6) is 2.81. The summed E-state index contributed by atoms with van der Waals surface area (Å²) in [5.41, 5.74) is 0.884. The summed E-state index contributed by atoms with van der Waals surface area (Å²) in [5, 5.41) is 9.34. The SMILES string of the molecule is CCNC(=NCc1ccc(OC)c(OC)c1OC)NCCNC(=O)C1CC1.I. The largest absolute Gasteiger partial charge is 0.493 e. The van der Waals surface area contributed by atoms with Crippen LogP contribution < -0.4 is 30.2 Å². The second-order valence-electron chi connectivity index (χ2n) is 6.18. The smallest absolute Gasteiger partial charge is 0.223 e. The lowest BCUT2D eigenvalue weighted by atomic mass is 10.1. The summed E-state index contributed by atoms with van der Waals surface area (Å²) in [6, 6.07) is 3.74. The van der Waals surface area contributed by atoms with E-state index in [0.717, 1.165) is 24.9 Å². The number of nitrogens with one attached hydrogen (secondary N) is 3. The van der Waals surface area contributed by atoms with Crippen molar-refractivity contribution in [2.45, 2.75) is 26.3 Å². The number of rotatable bonds is 10. The first-order valence-electron chi connectivity index (χ1n) is 9.22. The summed E-state index contributed by atoms with van der Waals surface area (Å²) >= 11 is 0. The summed E-state index contributed by atoms with van der Waals surface area (Å²) < 4.78 is 16.2. The first-order chi connectivity index (χ1) is 13.1. The number of amides is 1. The van der Waals surface area contributed by atoms with E-state index in [1.165, 1.54) is 0 Å². The first kappa shape index (κ1) is 24.1. The Balaban J connectivity index is 0.00000392. The molecule has 1 aromatic rings. The Morgan fingerprint density at radius 2 is 1.71 bits per heavy atom. The van der Waals surface area contributed by atoms with Crippen molar-refractivity contribution < 1.29 is 19.0 Å². The molecule has 3 N–H and O–H groups in total. The fourth-order valence-electron chi connectivity index (χ4n) is 2.65. The Labute approximate surface area is 183 Å². The third kappa shape index (κ3) is 6.92. The van der Waals surface area contributed by atoms with Gasteiger partial charge < -0.3 is 30.2 Å². The number of hydrogen-bond acceptors (Lipinski definition) is 5. The molecule has 0 saturated heterocycles. The lowest BCUT2D eigenvalue weighted by Crippen LogP contribution is -2.41. The number of guanidine groups is 1. The summed E-state index contributed by atoms with van der Waals surface area (Å²) in [7, 11) is 4.76. The van der Waals surface area contributed by atoms with Crippen molar-refractivity contribution in [1.82, 2.24) is 16.0 Å². The molecule has 1 fully saturated rings. The molecule has 1 aliphatic carbocycles.